The molecule has 0 saturated heterocycles. The van der Waals surface area contributed by atoms with Gasteiger partial charge >= 0.3 is 0 Å². The van der Waals surface area contributed by atoms with E-state index in [0.717, 1.165) is 29.8 Å². The summed E-state index contributed by atoms with van der Waals surface area (Å²) in [6, 6.07) is 13.8. The van der Waals surface area contributed by atoms with Crippen LogP contribution in [0.2, 0.25) is 5.02 Å². The summed E-state index contributed by atoms with van der Waals surface area (Å²) in [6.07, 6.45) is 2.92. The number of benzene rings is 1. The summed E-state index contributed by atoms with van der Waals surface area (Å²) in [6.45, 7) is 2.10. The molecule has 2 N–H and O–H groups in total. The van der Waals surface area contributed by atoms with Crippen LogP contribution < -0.4 is 10.6 Å². The molecule has 2 aliphatic rings. The third-order valence-corrected chi connectivity index (χ3v) is 6.94. The molecule has 0 radical (unpaired) electrons. The molecule has 0 amide bonds. The van der Waals surface area contributed by atoms with Gasteiger partial charge in [-0.15, -0.1) is 11.3 Å². The van der Waals surface area contributed by atoms with E-state index in [-0.39, 0.29) is 5.78 Å². The largest absolute Gasteiger partial charge is 0.384 e. The molecule has 1 aliphatic carbocycles. The Hall–Kier alpha value is -2.55. The number of allylic oxidation sites excluding steroid dienone is 3. The minimum atomic E-state index is -0.392. The van der Waals surface area contributed by atoms with Gasteiger partial charge in [0.2, 0.25) is 0 Å². The molecular weight excluding hydrogens is 390 g/mol. The van der Waals surface area contributed by atoms with Crippen molar-refractivity contribution < 1.29 is 4.79 Å². The number of carbonyl (C=O) groups excluding carboxylic acids is 1. The van der Waals surface area contributed by atoms with Crippen LogP contribution in [0.5, 0.6) is 0 Å². The molecule has 1 atom stereocenters. The van der Waals surface area contributed by atoms with Crippen molar-refractivity contribution in [2.45, 2.75) is 38.5 Å². The summed E-state index contributed by atoms with van der Waals surface area (Å²) in [5.74, 6) is 0.0624. The highest BCUT2D eigenvalue weighted by atomic mass is 35.5. The number of Topliss-reactive ketones (excluding diaryl/α,β-unsaturated/α-hetero) is 1. The predicted octanol–water partition coefficient (Wildman–Crippen LogP) is 5.27. The normalized spacial score (nSPS) is 19.7. The molecule has 0 spiro atoms. The van der Waals surface area contributed by atoms with Crippen molar-refractivity contribution in [2.75, 3.05) is 4.90 Å². The van der Waals surface area contributed by atoms with Crippen molar-refractivity contribution in [3.05, 3.63) is 73.8 Å². The van der Waals surface area contributed by atoms with Crippen molar-refractivity contribution in [1.29, 1.82) is 5.26 Å². The van der Waals surface area contributed by atoms with Crippen molar-refractivity contribution in [1.82, 2.24) is 0 Å². The first kappa shape index (κ1) is 18.8. The summed E-state index contributed by atoms with van der Waals surface area (Å²) in [5, 5.41) is 10.5. The van der Waals surface area contributed by atoms with E-state index in [9.17, 15) is 10.1 Å². The Morgan fingerprint density at radius 1 is 1.29 bits per heavy atom. The molecule has 1 aliphatic heterocycles. The van der Waals surface area contributed by atoms with Gasteiger partial charge in [0.15, 0.2) is 5.78 Å². The number of hydrogen-bond acceptors (Lipinski definition) is 5. The maximum absolute atomic E-state index is 13.0. The number of rotatable bonds is 3. The van der Waals surface area contributed by atoms with Crippen molar-refractivity contribution in [2.24, 2.45) is 5.73 Å². The molecule has 1 unspecified atom stereocenters. The summed E-state index contributed by atoms with van der Waals surface area (Å²) in [7, 11) is 0. The molecule has 1 aromatic carbocycles. The third kappa shape index (κ3) is 2.94. The molecule has 0 saturated carbocycles. The maximum Gasteiger partial charge on any atom is 0.161 e. The molecule has 1 aromatic heterocycles. The molecule has 4 rings (SSSR count). The lowest BCUT2D eigenvalue weighted by Gasteiger charge is -2.39. The van der Waals surface area contributed by atoms with Gasteiger partial charge in [0, 0.05) is 27.4 Å². The number of thiophene rings is 1. The van der Waals surface area contributed by atoms with E-state index in [1.54, 1.807) is 17.4 Å². The number of nitriles is 1. The maximum atomic E-state index is 13.0. The van der Waals surface area contributed by atoms with Gasteiger partial charge < -0.3 is 5.73 Å². The SMILES string of the molecule is CCc1ccc(C2C(C#N)=C(N)N(c3ccccc3Cl)C3=C2C(=O)CCC3)s1. The number of aryl methyl sites for hydroxylation is 1. The second kappa shape index (κ2) is 7.46. The number of hydrogen-bond donors (Lipinski definition) is 1. The van der Waals surface area contributed by atoms with Gasteiger partial charge in [0.05, 0.1) is 28.3 Å². The molecule has 0 fully saturated rings. The lowest BCUT2D eigenvalue weighted by atomic mass is 9.78. The third-order valence-electron chi connectivity index (χ3n) is 5.32. The fourth-order valence-electron chi connectivity index (χ4n) is 4.02. The van der Waals surface area contributed by atoms with Gasteiger partial charge in [-0.2, -0.15) is 5.26 Å². The van der Waals surface area contributed by atoms with Crippen LogP contribution in [-0.2, 0) is 11.2 Å². The number of carbonyl (C=O) groups is 1. The Morgan fingerprint density at radius 3 is 2.75 bits per heavy atom. The highest BCUT2D eigenvalue weighted by molar-refractivity contribution is 7.12. The van der Waals surface area contributed by atoms with Gasteiger partial charge in [0.25, 0.3) is 0 Å². The second-order valence-electron chi connectivity index (χ2n) is 6.93. The number of nitrogens with two attached hydrogens (primary N) is 1. The van der Waals surface area contributed by atoms with E-state index in [1.165, 1.54) is 4.88 Å². The average molecular weight is 410 g/mol. The van der Waals surface area contributed by atoms with Crippen molar-refractivity contribution in [3.8, 4) is 6.07 Å². The minimum Gasteiger partial charge on any atom is -0.384 e. The number of nitrogens with zero attached hydrogens (tertiary/aromatic N) is 2. The van der Waals surface area contributed by atoms with Crippen molar-refractivity contribution >= 4 is 34.4 Å². The topological polar surface area (TPSA) is 70.1 Å². The van der Waals surface area contributed by atoms with Gasteiger partial charge in [0.1, 0.15) is 5.82 Å². The first-order valence-corrected chi connectivity index (χ1v) is 10.6. The highest BCUT2D eigenvalue weighted by Crippen LogP contribution is 2.48. The Kier molecular flexibility index (Phi) is 5.01. The Balaban J connectivity index is 1.97. The van der Waals surface area contributed by atoms with Crippen LogP contribution in [0.1, 0.15) is 41.9 Å². The van der Waals surface area contributed by atoms with Crippen LogP contribution in [0.25, 0.3) is 0 Å². The standard InChI is InChI=1S/C22H20ClN3OS/c1-2-13-10-11-19(28-13)20-14(12-24)22(25)26(16-7-4-3-6-15(16)23)17-8-5-9-18(27)21(17)20/h3-4,6-7,10-11,20H,2,5,8-9,25H2,1H3. The lowest BCUT2D eigenvalue weighted by molar-refractivity contribution is -0.116. The van der Waals surface area contributed by atoms with E-state index in [2.05, 4.69) is 19.1 Å². The van der Waals surface area contributed by atoms with E-state index in [4.69, 9.17) is 17.3 Å². The zero-order valence-electron chi connectivity index (χ0n) is 15.5. The highest BCUT2D eigenvalue weighted by Gasteiger charge is 2.41. The van der Waals surface area contributed by atoms with Gasteiger partial charge in [-0.25, -0.2) is 0 Å². The summed E-state index contributed by atoms with van der Waals surface area (Å²) >= 11 is 8.10. The molecular formula is C22H20ClN3OS. The minimum absolute atomic E-state index is 0.0926. The van der Waals surface area contributed by atoms with Gasteiger partial charge in [-0.3, -0.25) is 9.69 Å². The van der Waals surface area contributed by atoms with Crippen LogP contribution in [0, 0.1) is 11.3 Å². The summed E-state index contributed by atoms with van der Waals surface area (Å²) in [5.41, 5.74) is 9.23. The average Bonchev–Trinajstić information content (AvgIpc) is 3.17. The number of ketones is 1. The van der Waals surface area contributed by atoms with E-state index >= 15 is 0 Å². The molecule has 28 heavy (non-hydrogen) atoms. The number of para-hydroxylation sites is 1. The first-order chi connectivity index (χ1) is 13.6. The zero-order chi connectivity index (χ0) is 19.8. The fraction of sp³-hybridized carbons (Fsp3) is 0.273. The molecule has 0 bridgehead atoms. The van der Waals surface area contributed by atoms with Gasteiger partial charge in [-0.05, 0) is 43.5 Å². The summed E-state index contributed by atoms with van der Waals surface area (Å²) < 4.78 is 0. The monoisotopic (exact) mass is 409 g/mol. The molecule has 6 heteroatoms. The van der Waals surface area contributed by atoms with Crippen LogP contribution >= 0.6 is 22.9 Å². The van der Waals surface area contributed by atoms with E-state index < -0.39 is 5.92 Å². The first-order valence-electron chi connectivity index (χ1n) is 9.36. The van der Waals surface area contributed by atoms with Crippen LogP contribution in [0.4, 0.5) is 5.69 Å². The van der Waals surface area contributed by atoms with Crippen LogP contribution in [0.15, 0.2) is 59.1 Å². The molecule has 2 heterocycles. The van der Waals surface area contributed by atoms with E-state index in [1.807, 2.05) is 29.2 Å². The van der Waals surface area contributed by atoms with Gasteiger partial charge in [-0.1, -0.05) is 30.7 Å². The predicted molar refractivity (Wildman–Crippen MR) is 113 cm³/mol. The lowest BCUT2D eigenvalue weighted by Crippen LogP contribution is -2.38. The Bertz CT molecular complexity index is 1060. The molecule has 142 valence electrons. The Labute approximate surface area is 173 Å². The van der Waals surface area contributed by atoms with Crippen molar-refractivity contribution in [3.63, 3.8) is 0 Å². The quantitative estimate of drug-likeness (QED) is 0.749. The second-order valence-corrected chi connectivity index (χ2v) is 8.53. The van der Waals surface area contributed by atoms with Crippen LogP contribution in [-0.4, -0.2) is 5.78 Å². The number of anilines is 1. The fourth-order valence-corrected chi connectivity index (χ4v) is 5.31. The molecule has 4 nitrogen and oxygen atoms in total. The smallest absolute Gasteiger partial charge is 0.161 e. The van der Waals surface area contributed by atoms with Crippen LogP contribution in [0.3, 0.4) is 0 Å². The number of halogens is 1. The zero-order valence-corrected chi connectivity index (χ0v) is 17.1. The molecule has 2 aromatic rings. The Morgan fingerprint density at radius 2 is 2.07 bits per heavy atom. The van der Waals surface area contributed by atoms with E-state index in [0.29, 0.717) is 34.1 Å². The summed E-state index contributed by atoms with van der Waals surface area (Å²) in [4.78, 5) is 17.1.